The van der Waals surface area contributed by atoms with Crippen LogP contribution in [-0.2, 0) is 0 Å². The van der Waals surface area contributed by atoms with Crippen molar-refractivity contribution in [2.75, 3.05) is 0 Å². The van der Waals surface area contributed by atoms with Crippen LogP contribution >= 0.6 is 11.6 Å². The molecule has 2 rings (SSSR count). The van der Waals surface area contributed by atoms with Gasteiger partial charge in [-0.2, -0.15) is 0 Å². The Morgan fingerprint density at radius 1 is 1.06 bits per heavy atom. The SMILES string of the molecule is O=C(c1ccccc1)C1CCCCCC1Cl. The highest BCUT2D eigenvalue weighted by atomic mass is 35.5. The van der Waals surface area contributed by atoms with E-state index in [1.54, 1.807) is 0 Å². The predicted octanol–water partition coefficient (Wildman–Crippen LogP) is 4.06. The number of hydrogen-bond donors (Lipinski definition) is 0. The van der Waals surface area contributed by atoms with Gasteiger partial charge >= 0.3 is 0 Å². The van der Waals surface area contributed by atoms with Crippen LogP contribution in [0.2, 0.25) is 0 Å². The summed E-state index contributed by atoms with van der Waals surface area (Å²) in [6, 6.07) is 9.52. The number of hydrogen-bond acceptors (Lipinski definition) is 1. The Balaban J connectivity index is 2.14. The van der Waals surface area contributed by atoms with Crippen LogP contribution in [0.4, 0.5) is 0 Å². The molecule has 1 aromatic carbocycles. The standard InChI is InChI=1S/C14H17ClO/c15-13-10-6-2-5-9-12(13)14(16)11-7-3-1-4-8-11/h1,3-4,7-8,12-13H,2,5-6,9-10H2. The maximum absolute atomic E-state index is 12.3. The lowest BCUT2D eigenvalue weighted by atomic mass is 9.91. The average Bonchev–Trinajstić information content (AvgIpc) is 2.54. The number of halogens is 1. The van der Waals surface area contributed by atoms with Gasteiger partial charge in [0.05, 0.1) is 0 Å². The minimum Gasteiger partial charge on any atom is -0.294 e. The summed E-state index contributed by atoms with van der Waals surface area (Å²) in [4.78, 5) is 12.3. The summed E-state index contributed by atoms with van der Waals surface area (Å²) in [7, 11) is 0. The summed E-state index contributed by atoms with van der Waals surface area (Å²) in [6.07, 6.45) is 5.42. The van der Waals surface area contributed by atoms with E-state index in [4.69, 9.17) is 11.6 Å². The molecule has 0 saturated heterocycles. The molecule has 0 bridgehead atoms. The van der Waals surface area contributed by atoms with E-state index in [2.05, 4.69) is 0 Å². The molecular formula is C14H17ClO. The fourth-order valence-electron chi connectivity index (χ4n) is 2.37. The molecule has 2 heteroatoms. The molecule has 16 heavy (non-hydrogen) atoms. The predicted molar refractivity (Wildman–Crippen MR) is 67.0 cm³/mol. The van der Waals surface area contributed by atoms with Gasteiger partial charge in [0.25, 0.3) is 0 Å². The zero-order valence-corrected chi connectivity index (χ0v) is 10.1. The molecule has 86 valence electrons. The maximum Gasteiger partial charge on any atom is 0.167 e. The lowest BCUT2D eigenvalue weighted by Gasteiger charge is -2.18. The van der Waals surface area contributed by atoms with E-state index in [0.717, 1.165) is 31.2 Å². The van der Waals surface area contributed by atoms with Gasteiger partial charge in [0.15, 0.2) is 5.78 Å². The largest absolute Gasteiger partial charge is 0.294 e. The van der Waals surface area contributed by atoms with Gasteiger partial charge in [-0.15, -0.1) is 11.6 Å². The molecule has 1 nitrogen and oxygen atoms in total. The topological polar surface area (TPSA) is 17.1 Å². The van der Waals surface area contributed by atoms with Crippen molar-refractivity contribution in [3.05, 3.63) is 35.9 Å². The monoisotopic (exact) mass is 236 g/mol. The van der Waals surface area contributed by atoms with Crippen molar-refractivity contribution in [1.29, 1.82) is 0 Å². The van der Waals surface area contributed by atoms with Gasteiger partial charge in [-0.25, -0.2) is 0 Å². The van der Waals surface area contributed by atoms with Crippen LogP contribution in [0.15, 0.2) is 30.3 Å². The first-order valence-corrected chi connectivity index (χ1v) is 6.46. The van der Waals surface area contributed by atoms with Gasteiger partial charge in [-0.05, 0) is 12.8 Å². The fourth-order valence-corrected chi connectivity index (χ4v) is 2.77. The average molecular weight is 237 g/mol. The molecule has 1 saturated carbocycles. The quantitative estimate of drug-likeness (QED) is 0.430. The van der Waals surface area contributed by atoms with Gasteiger partial charge in [0.2, 0.25) is 0 Å². The van der Waals surface area contributed by atoms with Crippen LogP contribution in [0.1, 0.15) is 42.5 Å². The number of rotatable bonds is 2. The Morgan fingerprint density at radius 2 is 1.75 bits per heavy atom. The summed E-state index contributed by atoms with van der Waals surface area (Å²) in [5.41, 5.74) is 0.806. The van der Waals surface area contributed by atoms with Gasteiger partial charge in [0, 0.05) is 16.9 Å². The van der Waals surface area contributed by atoms with Crippen LogP contribution < -0.4 is 0 Å². The van der Waals surface area contributed by atoms with E-state index in [1.807, 2.05) is 30.3 Å². The first kappa shape index (κ1) is 11.7. The Labute approximate surface area is 102 Å². The Kier molecular flexibility index (Phi) is 4.00. The zero-order valence-electron chi connectivity index (χ0n) is 9.36. The molecule has 1 aromatic rings. The van der Waals surface area contributed by atoms with Crippen LogP contribution in [0.25, 0.3) is 0 Å². The molecule has 1 aliphatic carbocycles. The highest BCUT2D eigenvalue weighted by Gasteiger charge is 2.28. The molecule has 0 aromatic heterocycles. The van der Waals surface area contributed by atoms with E-state index in [-0.39, 0.29) is 17.1 Å². The van der Waals surface area contributed by atoms with E-state index in [1.165, 1.54) is 6.42 Å². The molecule has 0 heterocycles. The number of benzene rings is 1. The normalized spacial score (nSPS) is 26.1. The van der Waals surface area contributed by atoms with Crippen molar-refractivity contribution in [2.45, 2.75) is 37.5 Å². The smallest absolute Gasteiger partial charge is 0.167 e. The molecule has 0 aliphatic heterocycles. The van der Waals surface area contributed by atoms with Gasteiger partial charge in [-0.1, -0.05) is 49.6 Å². The van der Waals surface area contributed by atoms with Gasteiger partial charge < -0.3 is 0 Å². The van der Waals surface area contributed by atoms with E-state index >= 15 is 0 Å². The second-order valence-corrected chi connectivity index (χ2v) is 5.05. The lowest BCUT2D eigenvalue weighted by Crippen LogP contribution is -2.23. The van der Waals surface area contributed by atoms with E-state index in [0.29, 0.717) is 0 Å². The molecule has 0 N–H and O–H groups in total. The highest BCUT2D eigenvalue weighted by Crippen LogP contribution is 2.30. The minimum absolute atomic E-state index is 0.0200. The number of Topliss-reactive ketones (excluding diaryl/α,β-unsaturated/α-hetero) is 1. The summed E-state index contributed by atoms with van der Waals surface area (Å²) in [5, 5.41) is 0.0233. The molecule has 2 unspecified atom stereocenters. The van der Waals surface area contributed by atoms with Crippen molar-refractivity contribution in [1.82, 2.24) is 0 Å². The first-order valence-electron chi connectivity index (χ1n) is 6.02. The Hall–Kier alpha value is -0.820. The molecule has 1 aliphatic rings. The van der Waals surface area contributed by atoms with Crippen molar-refractivity contribution >= 4 is 17.4 Å². The van der Waals surface area contributed by atoms with Crippen molar-refractivity contribution in [3.63, 3.8) is 0 Å². The molecule has 0 spiro atoms. The van der Waals surface area contributed by atoms with Crippen molar-refractivity contribution < 1.29 is 4.79 Å². The van der Waals surface area contributed by atoms with E-state index in [9.17, 15) is 4.79 Å². The number of alkyl halides is 1. The first-order chi connectivity index (χ1) is 7.79. The molecule has 0 radical (unpaired) electrons. The zero-order chi connectivity index (χ0) is 11.4. The maximum atomic E-state index is 12.3. The third-order valence-corrected chi connectivity index (χ3v) is 3.85. The van der Waals surface area contributed by atoms with Crippen LogP contribution in [0.3, 0.4) is 0 Å². The summed E-state index contributed by atoms with van der Waals surface area (Å²) in [5.74, 6) is 0.245. The third-order valence-electron chi connectivity index (χ3n) is 3.33. The number of carbonyl (C=O) groups excluding carboxylic acids is 1. The van der Waals surface area contributed by atoms with E-state index < -0.39 is 0 Å². The third kappa shape index (κ3) is 2.65. The Bertz CT molecular complexity index is 347. The van der Waals surface area contributed by atoms with Crippen LogP contribution in [-0.4, -0.2) is 11.2 Å². The molecule has 0 amide bonds. The molecule has 1 fully saturated rings. The second kappa shape index (κ2) is 5.49. The summed E-state index contributed by atoms with van der Waals surface area (Å²) in [6.45, 7) is 0. The molecular weight excluding hydrogens is 220 g/mol. The second-order valence-electron chi connectivity index (χ2n) is 4.49. The minimum atomic E-state index is 0.0200. The van der Waals surface area contributed by atoms with Crippen molar-refractivity contribution in [3.8, 4) is 0 Å². The van der Waals surface area contributed by atoms with Gasteiger partial charge in [0.1, 0.15) is 0 Å². The number of ketones is 1. The van der Waals surface area contributed by atoms with Gasteiger partial charge in [-0.3, -0.25) is 4.79 Å². The lowest BCUT2D eigenvalue weighted by molar-refractivity contribution is 0.0910. The van der Waals surface area contributed by atoms with Crippen LogP contribution in [0.5, 0.6) is 0 Å². The summed E-state index contributed by atoms with van der Waals surface area (Å²) >= 11 is 6.31. The molecule has 2 atom stereocenters. The highest BCUT2D eigenvalue weighted by molar-refractivity contribution is 6.23. The Morgan fingerprint density at radius 3 is 2.50 bits per heavy atom. The number of carbonyl (C=O) groups is 1. The van der Waals surface area contributed by atoms with Crippen molar-refractivity contribution in [2.24, 2.45) is 5.92 Å². The summed E-state index contributed by atoms with van der Waals surface area (Å²) < 4.78 is 0. The van der Waals surface area contributed by atoms with Crippen LogP contribution in [0, 0.1) is 5.92 Å². The fraction of sp³-hybridized carbons (Fsp3) is 0.500.